The summed E-state index contributed by atoms with van der Waals surface area (Å²) in [7, 11) is 0. The topological polar surface area (TPSA) is 74.6 Å². The number of alkyl halides is 3. The molecule has 0 unspecified atom stereocenters. The molecular formula is C4H5CoF3O4Pd. The van der Waals surface area contributed by atoms with Gasteiger partial charge in [-0.3, -0.25) is 4.79 Å². The van der Waals surface area contributed by atoms with Crippen molar-refractivity contribution >= 4 is 11.9 Å². The number of halogens is 3. The van der Waals surface area contributed by atoms with Gasteiger partial charge in [0.05, 0.1) is 0 Å². The van der Waals surface area contributed by atoms with Crippen LogP contribution in [0.1, 0.15) is 6.92 Å². The molecular weight excluding hydrogens is 334 g/mol. The average Bonchev–Trinajstić information content (AvgIpc) is 1.59. The van der Waals surface area contributed by atoms with E-state index in [-0.39, 0.29) is 37.2 Å². The Bertz CT molecular complexity index is 156. The van der Waals surface area contributed by atoms with Crippen LogP contribution in [0.15, 0.2) is 0 Å². The number of hydrogen-bond acceptors (Lipinski definition) is 2. The molecule has 0 amide bonds. The Kier molecular flexibility index (Phi) is 17.7. The van der Waals surface area contributed by atoms with Crippen molar-refractivity contribution in [2.24, 2.45) is 0 Å². The van der Waals surface area contributed by atoms with Crippen molar-refractivity contribution in [2.75, 3.05) is 0 Å². The molecule has 0 aliphatic heterocycles. The molecule has 0 saturated heterocycles. The van der Waals surface area contributed by atoms with E-state index in [1.54, 1.807) is 0 Å². The largest absolute Gasteiger partial charge is 0.490 e. The molecule has 9 heteroatoms. The van der Waals surface area contributed by atoms with Gasteiger partial charge in [0, 0.05) is 44.1 Å². The summed E-state index contributed by atoms with van der Waals surface area (Å²) in [6.07, 6.45) is -5.08. The fourth-order valence-corrected chi connectivity index (χ4v) is 0. The third-order valence-corrected chi connectivity index (χ3v) is 0.243. The van der Waals surface area contributed by atoms with Gasteiger partial charge in [-0.05, 0) is 0 Å². The molecule has 0 rings (SSSR count). The SMILES string of the molecule is CC(=O)O.O=C(O)C(F)(F)F.[Co].[Pd]. The van der Waals surface area contributed by atoms with Gasteiger partial charge in [-0.25, -0.2) is 4.79 Å². The summed E-state index contributed by atoms with van der Waals surface area (Å²) in [5, 5.41) is 14.5. The Labute approximate surface area is 95.3 Å². The number of rotatable bonds is 0. The minimum absolute atomic E-state index is 0. The van der Waals surface area contributed by atoms with E-state index in [4.69, 9.17) is 19.8 Å². The molecule has 4 nitrogen and oxygen atoms in total. The van der Waals surface area contributed by atoms with Crippen molar-refractivity contribution in [1.29, 1.82) is 0 Å². The standard InChI is InChI=1S/C2HF3O2.C2H4O2.Co.Pd/c3-2(4,5)1(6)7;1-2(3)4;;/h(H,6,7);1H3,(H,3,4);;. The molecule has 0 aromatic carbocycles. The van der Waals surface area contributed by atoms with Gasteiger partial charge in [-0.2, -0.15) is 13.2 Å². The van der Waals surface area contributed by atoms with Crippen LogP contribution in [0, 0.1) is 0 Å². The van der Waals surface area contributed by atoms with Crippen molar-refractivity contribution in [3.8, 4) is 0 Å². The molecule has 0 atom stereocenters. The second kappa shape index (κ2) is 9.98. The molecule has 85 valence electrons. The maximum Gasteiger partial charge on any atom is 0.490 e. The van der Waals surface area contributed by atoms with Gasteiger partial charge in [-0.1, -0.05) is 0 Å². The predicted molar refractivity (Wildman–Crippen MR) is 27.0 cm³/mol. The first-order chi connectivity index (χ1) is 4.68. The Hall–Kier alpha value is -0.101. The molecule has 0 spiro atoms. The smallest absolute Gasteiger partial charge is 0.481 e. The van der Waals surface area contributed by atoms with Gasteiger partial charge in [0.1, 0.15) is 0 Å². The Morgan fingerprint density at radius 3 is 1.23 bits per heavy atom. The normalized spacial score (nSPS) is 8.00. The Morgan fingerprint density at radius 2 is 1.23 bits per heavy atom. The molecule has 0 bridgehead atoms. The molecule has 0 aromatic heterocycles. The second-order valence-electron chi connectivity index (χ2n) is 1.32. The number of carboxylic acids is 2. The van der Waals surface area contributed by atoms with Crippen LogP contribution in [0.4, 0.5) is 13.2 Å². The van der Waals surface area contributed by atoms with Crippen LogP contribution in [0.5, 0.6) is 0 Å². The Balaban J connectivity index is -0.0000000600. The van der Waals surface area contributed by atoms with Crippen LogP contribution in [-0.2, 0) is 46.8 Å². The first kappa shape index (κ1) is 23.1. The molecule has 0 fully saturated rings. The summed E-state index contributed by atoms with van der Waals surface area (Å²) in [5.41, 5.74) is 0. The van der Waals surface area contributed by atoms with E-state index >= 15 is 0 Å². The van der Waals surface area contributed by atoms with E-state index < -0.39 is 18.1 Å². The second-order valence-corrected chi connectivity index (χ2v) is 1.32. The van der Waals surface area contributed by atoms with Crippen molar-refractivity contribution in [1.82, 2.24) is 0 Å². The van der Waals surface area contributed by atoms with Crippen molar-refractivity contribution in [3.63, 3.8) is 0 Å². The van der Waals surface area contributed by atoms with Crippen LogP contribution in [0.2, 0.25) is 0 Å². The van der Waals surface area contributed by atoms with Crippen LogP contribution in [0.25, 0.3) is 0 Å². The summed E-state index contributed by atoms with van der Waals surface area (Å²) in [4.78, 5) is 17.9. The van der Waals surface area contributed by atoms with Crippen molar-refractivity contribution in [2.45, 2.75) is 13.1 Å². The van der Waals surface area contributed by atoms with Crippen molar-refractivity contribution < 1.29 is 70.2 Å². The zero-order valence-electron chi connectivity index (χ0n) is 5.99. The Morgan fingerprint density at radius 1 is 1.15 bits per heavy atom. The molecule has 13 heavy (non-hydrogen) atoms. The van der Waals surface area contributed by atoms with Crippen LogP contribution in [-0.4, -0.2) is 28.3 Å². The average molecular weight is 339 g/mol. The molecule has 0 aliphatic carbocycles. The summed E-state index contributed by atoms with van der Waals surface area (Å²) in [6, 6.07) is 0. The van der Waals surface area contributed by atoms with Crippen LogP contribution >= 0.6 is 0 Å². The first-order valence-corrected chi connectivity index (χ1v) is 2.17. The quantitative estimate of drug-likeness (QED) is 0.638. The maximum atomic E-state index is 10.6. The summed E-state index contributed by atoms with van der Waals surface area (Å²) >= 11 is 0. The fourth-order valence-electron chi connectivity index (χ4n) is 0. The third-order valence-electron chi connectivity index (χ3n) is 0.243. The number of hydrogen-bond donors (Lipinski definition) is 2. The predicted octanol–water partition coefficient (Wildman–Crippen LogP) is 0.719. The zero-order valence-corrected chi connectivity index (χ0v) is 8.59. The van der Waals surface area contributed by atoms with Gasteiger partial charge in [-0.15, -0.1) is 0 Å². The summed E-state index contributed by atoms with van der Waals surface area (Å²) < 4.78 is 31.7. The van der Waals surface area contributed by atoms with Gasteiger partial charge in [0.25, 0.3) is 5.97 Å². The van der Waals surface area contributed by atoms with Crippen LogP contribution < -0.4 is 0 Å². The van der Waals surface area contributed by atoms with Gasteiger partial charge < -0.3 is 10.2 Å². The van der Waals surface area contributed by atoms with E-state index in [1.807, 2.05) is 0 Å². The van der Waals surface area contributed by atoms with E-state index in [9.17, 15) is 13.2 Å². The molecule has 0 saturated carbocycles. The van der Waals surface area contributed by atoms with Crippen molar-refractivity contribution in [3.05, 3.63) is 0 Å². The monoisotopic (exact) mass is 339 g/mol. The minimum atomic E-state index is -5.08. The number of aliphatic carboxylic acids is 2. The molecule has 2 N–H and O–H groups in total. The first-order valence-electron chi connectivity index (χ1n) is 2.17. The minimum Gasteiger partial charge on any atom is -0.481 e. The van der Waals surface area contributed by atoms with E-state index in [0.29, 0.717) is 0 Å². The molecule has 0 aliphatic rings. The van der Waals surface area contributed by atoms with Crippen LogP contribution in [0.3, 0.4) is 0 Å². The van der Waals surface area contributed by atoms with Gasteiger partial charge >= 0.3 is 12.1 Å². The fraction of sp³-hybridized carbons (Fsp3) is 0.500. The van der Waals surface area contributed by atoms with E-state index in [1.165, 1.54) is 0 Å². The zero-order chi connectivity index (χ0) is 9.65. The molecule has 0 heterocycles. The van der Waals surface area contributed by atoms with Gasteiger partial charge in [0.2, 0.25) is 0 Å². The molecule has 1 radical (unpaired) electrons. The number of carboxylic acid groups (broad SMARTS) is 2. The third kappa shape index (κ3) is 33.5. The summed E-state index contributed by atoms with van der Waals surface area (Å²) in [5.74, 6) is -3.59. The maximum absolute atomic E-state index is 10.6. The van der Waals surface area contributed by atoms with E-state index in [2.05, 4.69) is 0 Å². The number of carbonyl (C=O) groups is 2. The van der Waals surface area contributed by atoms with E-state index in [0.717, 1.165) is 6.92 Å². The van der Waals surface area contributed by atoms with Gasteiger partial charge in [0.15, 0.2) is 0 Å². The summed E-state index contributed by atoms with van der Waals surface area (Å²) in [6.45, 7) is 1.08. The molecule has 0 aromatic rings.